The molecule has 0 aliphatic carbocycles. The summed E-state index contributed by atoms with van der Waals surface area (Å²) in [5.41, 5.74) is 1.81. The van der Waals surface area contributed by atoms with Gasteiger partial charge in [-0.1, -0.05) is 11.6 Å². The lowest BCUT2D eigenvalue weighted by molar-refractivity contribution is -0.385. The number of nitrogens with zero attached hydrogens (tertiary/aromatic N) is 1. The lowest BCUT2D eigenvalue weighted by atomic mass is 10.2. The van der Waals surface area contributed by atoms with E-state index in [0.29, 0.717) is 11.5 Å². The number of sulfonamides is 1. The molecule has 1 amide bonds. The molecule has 0 spiro atoms. The maximum atomic E-state index is 12.5. The average molecular weight is 458 g/mol. The molecular weight excluding hydrogens is 438 g/mol. The number of nitro groups is 1. The largest absolute Gasteiger partial charge is 0.493 e. The molecule has 0 unspecified atom stereocenters. The Hall–Kier alpha value is -2.89. The quantitative estimate of drug-likeness (QED) is 0.459. The number of hydrogen-bond acceptors (Lipinski definition) is 7. The lowest BCUT2D eigenvalue weighted by Crippen LogP contribution is -2.41. The normalized spacial score (nSPS) is 11.3. The Labute approximate surface area is 178 Å². The van der Waals surface area contributed by atoms with Gasteiger partial charge >= 0.3 is 0 Å². The molecule has 0 aromatic heterocycles. The summed E-state index contributed by atoms with van der Waals surface area (Å²) in [7, 11) is -2.92. The number of carbonyl (C=O) groups excluding carboxylic acids is 1. The fourth-order valence-corrected chi connectivity index (χ4v) is 3.55. The van der Waals surface area contributed by atoms with Crippen LogP contribution in [0.25, 0.3) is 0 Å². The van der Waals surface area contributed by atoms with Crippen LogP contribution in [0.2, 0.25) is 5.02 Å². The molecule has 0 fully saturated rings. The Bertz CT molecular complexity index is 1090. The van der Waals surface area contributed by atoms with Crippen LogP contribution in [0.15, 0.2) is 35.2 Å². The smallest absolute Gasteiger partial charge is 0.275 e. The first-order valence-electron chi connectivity index (χ1n) is 8.57. The second-order valence-electron chi connectivity index (χ2n) is 6.40. The first-order valence-corrected chi connectivity index (χ1v) is 10.4. The highest BCUT2D eigenvalue weighted by Gasteiger charge is 2.23. The van der Waals surface area contributed by atoms with Gasteiger partial charge in [-0.3, -0.25) is 20.3 Å². The van der Waals surface area contributed by atoms with Crippen LogP contribution >= 0.6 is 11.6 Å². The lowest BCUT2D eigenvalue weighted by Gasteiger charge is -2.14. The van der Waals surface area contributed by atoms with Crippen LogP contribution in [0.4, 0.5) is 5.69 Å². The number of amides is 1. The van der Waals surface area contributed by atoms with Crippen LogP contribution in [0, 0.1) is 17.0 Å². The van der Waals surface area contributed by atoms with Crippen LogP contribution in [0.5, 0.6) is 11.5 Å². The molecule has 10 nitrogen and oxygen atoms in total. The van der Waals surface area contributed by atoms with E-state index < -0.39 is 31.4 Å². The van der Waals surface area contributed by atoms with Crippen molar-refractivity contribution in [3.05, 3.63) is 56.6 Å². The molecule has 0 aliphatic rings. The van der Waals surface area contributed by atoms with Crippen molar-refractivity contribution in [2.24, 2.45) is 0 Å². The minimum Gasteiger partial charge on any atom is -0.493 e. The number of methoxy groups -OCH3 is 1. The van der Waals surface area contributed by atoms with Gasteiger partial charge in [0, 0.05) is 17.2 Å². The van der Waals surface area contributed by atoms with E-state index in [4.69, 9.17) is 21.1 Å². The Balaban J connectivity index is 2.22. The van der Waals surface area contributed by atoms with Gasteiger partial charge in [-0.05, 0) is 45.0 Å². The molecule has 0 saturated heterocycles. The fourth-order valence-electron chi connectivity index (χ4n) is 2.39. The van der Waals surface area contributed by atoms with E-state index in [0.717, 1.165) is 12.1 Å². The number of nitro benzene ring substituents is 1. The topological polar surface area (TPSA) is 137 Å². The SMILES string of the molecule is COc1cc(C(=O)NNS(=O)(=O)c2cc(Cl)c(C)c([N+](=O)[O-])c2)ccc1OC(C)C. The van der Waals surface area contributed by atoms with Crippen LogP contribution in [-0.4, -0.2) is 32.5 Å². The summed E-state index contributed by atoms with van der Waals surface area (Å²) in [6, 6.07) is 6.24. The minimum absolute atomic E-state index is 0.0959. The predicted octanol–water partition coefficient (Wildman–Crippen LogP) is 2.98. The van der Waals surface area contributed by atoms with E-state index in [-0.39, 0.29) is 22.3 Å². The maximum Gasteiger partial charge on any atom is 0.275 e. The number of ether oxygens (including phenoxy) is 2. The molecule has 0 heterocycles. The number of nitrogens with one attached hydrogen (secondary N) is 2. The van der Waals surface area contributed by atoms with E-state index in [9.17, 15) is 23.3 Å². The van der Waals surface area contributed by atoms with Gasteiger partial charge in [-0.2, -0.15) is 0 Å². The third-order valence-corrected chi connectivity index (χ3v) is 5.50. The summed E-state index contributed by atoms with van der Waals surface area (Å²) in [6.45, 7) is 5.05. The molecule has 12 heteroatoms. The van der Waals surface area contributed by atoms with E-state index >= 15 is 0 Å². The number of carbonyl (C=O) groups is 1. The molecule has 162 valence electrons. The van der Waals surface area contributed by atoms with Crippen molar-refractivity contribution in [2.75, 3.05) is 7.11 Å². The van der Waals surface area contributed by atoms with E-state index in [1.54, 1.807) is 0 Å². The van der Waals surface area contributed by atoms with Gasteiger partial charge in [-0.25, -0.2) is 8.42 Å². The first-order chi connectivity index (χ1) is 14.0. The van der Waals surface area contributed by atoms with Gasteiger partial charge in [0.2, 0.25) is 0 Å². The first kappa shape index (κ1) is 23.4. The summed E-state index contributed by atoms with van der Waals surface area (Å²) < 4.78 is 35.7. The van der Waals surface area contributed by atoms with E-state index in [1.807, 2.05) is 24.1 Å². The van der Waals surface area contributed by atoms with Crippen molar-refractivity contribution in [3.63, 3.8) is 0 Å². The summed E-state index contributed by atoms with van der Waals surface area (Å²) in [6.07, 6.45) is -0.115. The third kappa shape index (κ3) is 5.38. The molecule has 2 aromatic rings. The van der Waals surface area contributed by atoms with Gasteiger partial charge in [0.1, 0.15) is 0 Å². The van der Waals surface area contributed by atoms with Gasteiger partial charge < -0.3 is 9.47 Å². The van der Waals surface area contributed by atoms with Crippen LogP contribution in [-0.2, 0) is 10.0 Å². The minimum atomic E-state index is -4.33. The molecule has 2 N–H and O–H groups in total. The maximum absolute atomic E-state index is 12.5. The predicted molar refractivity (Wildman–Crippen MR) is 109 cm³/mol. The molecule has 0 atom stereocenters. The summed E-state index contributed by atoms with van der Waals surface area (Å²) in [5.74, 6) is -0.0629. The number of rotatable bonds is 8. The molecule has 0 saturated carbocycles. The zero-order chi connectivity index (χ0) is 22.6. The zero-order valence-corrected chi connectivity index (χ0v) is 18.1. The van der Waals surface area contributed by atoms with Gasteiger partial charge in [0.25, 0.3) is 21.6 Å². The number of hydrazine groups is 1. The van der Waals surface area contributed by atoms with Crippen molar-refractivity contribution in [3.8, 4) is 11.5 Å². The Morgan fingerprint density at radius 1 is 1.20 bits per heavy atom. The second kappa shape index (κ2) is 9.28. The number of hydrogen-bond donors (Lipinski definition) is 2. The van der Waals surface area contributed by atoms with Crippen molar-refractivity contribution in [2.45, 2.75) is 31.8 Å². The summed E-state index contributed by atoms with van der Waals surface area (Å²) in [5, 5.41) is 11.0. The van der Waals surface area contributed by atoms with Crippen LogP contribution in [0.3, 0.4) is 0 Å². The second-order valence-corrected chi connectivity index (χ2v) is 8.49. The highest BCUT2D eigenvalue weighted by molar-refractivity contribution is 7.89. The highest BCUT2D eigenvalue weighted by atomic mass is 35.5. The fraction of sp³-hybridized carbons (Fsp3) is 0.278. The summed E-state index contributed by atoms with van der Waals surface area (Å²) >= 11 is 5.90. The standard InChI is InChI=1S/C18H20ClN3O7S/c1-10(2)29-16-6-5-12(7-17(16)28-4)18(23)20-21-30(26,27)13-8-14(19)11(3)15(9-13)22(24)25/h5-10,21H,1-4H3,(H,20,23). The van der Waals surface area contributed by atoms with E-state index in [1.165, 1.54) is 32.2 Å². The van der Waals surface area contributed by atoms with Gasteiger partial charge in [0.05, 0.1) is 28.1 Å². The molecule has 0 aliphatic heterocycles. The molecule has 0 radical (unpaired) electrons. The van der Waals surface area contributed by atoms with Crippen molar-refractivity contribution in [1.82, 2.24) is 10.3 Å². The van der Waals surface area contributed by atoms with Crippen molar-refractivity contribution in [1.29, 1.82) is 0 Å². The Morgan fingerprint density at radius 2 is 1.87 bits per heavy atom. The molecule has 2 rings (SSSR count). The number of benzene rings is 2. The van der Waals surface area contributed by atoms with Crippen LogP contribution < -0.4 is 19.7 Å². The van der Waals surface area contributed by atoms with E-state index in [2.05, 4.69) is 0 Å². The molecule has 0 bridgehead atoms. The molecule has 2 aromatic carbocycles. The van der Waals surface area contributed by atoms with Crippen LogP contribution in [0.1, 0.15) is 29.8 Å². The molecular formula is C18H20ClN3O7S. The van der Waals surface area contributed by atoms with Crippen molar-refractivity contribution < 1.29 is 27.6 Å². The Morgan fingerprint density at radius 3 is 2.43 bits per heavy atom. The highest BCUT2D eigenvalue weighted by Crippen LogP contribution is 2.30. The van der Waals surface area contributed by atoms with Gasteiger partial charge in [-0.15, -0.1) is 4.83 Å². The third-order valence-electron chi connectivity index (χ3n) is 3.88. The number of halogens is 1. The zero-order valence-electron chi connectivity index (χ0n) is 16.6. The monoisotopic (exact) mass is 457 g/mol. The van der Waals surface area contributed by atoms with Crippen molar-refractivity contribution >= 4 is 33.2 Å². The average Bonchev–Trinajstić information content (AvgIpc) is 2.67. The van der Waals surface area contributed by atoms with Gasteiger partial charge in [0.15, 0.2) is 11.5 Å². The summed E-state index contributed by atoms with van der Waals surface area (Å²) in [4.78, 5) is 24.1. The molecule has 30 heavy (non-hydrogen) atoms. The Kier molecular flexibility index (Phi) is 7.24.